The molecule has 1 aliphatic heterocycles. The highest BCUT2D eigenvalue weighted by Crippen LogP contribution is 2.10. The molecule has 0 radical (unpaired) electrons. The van der Waals surface area contributed by atoms with Crippen molar-refractivity contribution < 1.29 is 4.43 Å². The maximum Gasteiger partial charge on any atom is 0.161 e. The van der Waals surface area contributed by atoms with E-state index in [-0.39, 0.29) is 9.76 Å². The zero-order valence-corrected chi connectivity index (χ0v) is 6.23. The zero-order valence-electron chi connectivity index (χ0n) is 4.81. The maximum atomic E-state index is 5.32. The molecular weight excluding hydrogens is 104 g/mol. The molecule has 0 N–H and O–H groups in total. The molecule has 1 fully saturated rings. The standard InChI is InChI=1S/C5H12OSi/c1-5-2-3-7-6-4-5/h5H,2-4,7H2,1H3. The Morgan fingerprint density at radius 3 is 2.86 bits per heavy atom. The molecule has 1 nitrogen and oxygen atoms in total. The zero-order chi connectivity index (χ0) is 5.11. The Labute approximate surface area is 47.0 Å². The van der Waals surface area contributed by atoms with Crippen LogP contribution in [0.3, 0.4) is 0 Å². The van der Waals surface area contributed by atoms with Crippen molar-refractivity contribution in [2.75, 3.05) is 6.61 Å². The normalized spacial score (nSPS) is 36.4. The number of hydrogen-bond donors (Lipinski definition) is 0. The Morgan fingerprint density at radius 2 is 2.57 bits per heavy atom. The lowest BCUT2D eigenvalue weighted by atomic mass is 10.1. The minimum atomic E-state index is -0.0233. The van der Waals surface area contributed by atoms with Gasteiger partial charge in [-0.25, -0.2) is 0 Å². The van der Waals surface area contributed by atoms with Crippen molar-refractivity contribution in [1.82, 2.24) is 0 Å². The van der Waals surface area contributed by atoms with Crippen LogP contribution in [0, 0.1) is 5.92 Å². The van der Waals surface area contributed by atoms with E-state index in [4.69, 9.17) is 4.43 Å². The topological polar surface area (TPSA) is 9.23 Å². The fourth-order valence-corrected chi connectivity index (χ4v) is 2.54. The highest BCUT2D eigenvalue weighted by atomic mass is 28.2. The molecule has 7 heavy (non-hydrogen) atoms. The molecule has 1 atom stereocenters. The molecule has 0 aromatic heterocycles. The molecule has 0 aliphatic carbocycles. The van der Waals surface area contributed by atoms with Gasteiger partial charge in [0.2, 0.25) is 0 Å². The molecule has 1 rings (SSSR count). The average Bonchev–Trinajstić information content (AvgIpc) is 1.69. The highest BCUT2D eigenvalue weighted by molar-refractivity contribution is 6.27. The van der Waals surface area contributed by atoms with Crippen molar-refractivity contribution in [3.63, 3.8) is 0 Å². The van der Waals surface area contributed by atoms with Gasteiger partial charge in [0.05, 0.1) is 0 Å². The Bertz CT molecular complexity index is 50.0. The van der Waals surface area contributed by atoms with Gasteiger partial charge in [0.15, 0.2) is 9.76 Å². The second kappa shape index (κ2) is 2.48. The van der Waals surface area contributed by atoms with Gasteiger partial charge < -0.3 is 4.43 Å². The first kappa shape index (κ1) is 5.32. The monoisotopic (exact) mass is 116 g/mol. The fourth-order valence-electron chi connectivity index (χ4n) is 0.902. The van der Waals surface area contributed by atoms with Gasteiger partial charge in [-0.05, 0) is 18.4 Å². The van der Waals surface area contributed by atoms with Gasteiger partial charge in [-0.1, -0.05) is 6.92 Å². The Balaban J connectivity index is 2.12. The summed E-state index contributed by atoms with van der Waals surface area (Å²) >= 11 is 0. The molecule has 1 aliphatic rings. The molecule has 0 amide bonds. The molecule has 1 saturated heterocycles. The SMILES string of the molecule is CC1CC[SiH2]OC1. The summed E-state index contributed by atoms with van der Waals surface area (Å²) in [5.74, 6) is 0.848. The summed E-state index contributed by atoms with van der Waals surface area (Å²) in [5.41, 5.74) is 0. The molecule has 42 valence electrons. The van der Waals surface area contributed by atoms with Gasteiger partial charge in [-0.3, -0.25) is 0 Å². The summed E-state index contributed by atoms with van der Waals surface area (Å²) in [4.78, 5) is 0. The number of rotatable bonds is 0. The summed E-state index contributed by atoms with van der Waals surface area (Å²) in [6.07, 6.45) is 1.42. The van der Waals surface area contributed by atoms with Crippen molar-refractivity contribution in [2.24, 2.45) is 5.92 Å². The van der Waals surface area contributed by atoms with Gasteiger partial charge in [0.25, 0.3) is 0 Å². The first-order valence-corrected chi connectivity index (χ1v) is 4.55. The maximum absolute atomic E-state index is 5.32. The molecule has 0 bridgehead atoms. The van der Waals surface area contributed by atoms with E-state index in [1.807, 2.05) is 0 Å². The van der Waals surface area contributed by atoms with Crippen LogP contribution >= 0.6 is 0 Å². The van der Waals surface area contributed by atoms with E-state index in [1.165, 1.54) is 12.5 Å². The first-order valence-electron chi connectivity index (χ1n) is 2.97. The van der Waals surface area contributed by atoms with Crippen LogP contribution in [0.1, 0.15) is 13.3 Å². The van der Waals surface area contributed by atoms with E-state index < -0.39 is 0 Å². The highest BCUT2D eigenvalue weighted by Gasteiger charge is 2.06. The molecule has 0 aromatic carbocycles. The largest absolute Gasteiger partial charge is 0.424 e. The first-order chi connectivity index (χ1) is 3.39. The van der Waals surface area contributed by atoms with Gasteiger partial charge in [-0.2, -0.15) is 0 Å². The third kappa shape index (κ3) is 1.61. The summed E-state index contributed by atoms with van der Waals surface area (Å²) in [5, 5.41) is 0. The lowest BCUT2D eigenvalue weighted by Gasteiger charge is -2.16. The van der Waals surface area contributed by atoms with Crippen molar-refractivity contribution in [1.29, 1.82) is 0 Å². The predicted octanol–water partition coefficient (Wildman–Crippen LogP) is 0.545. The number of hydrogen-bond acceptors (Lipinski definition) is 1. The third-order valence-electron chi connectivity index (χ3n) is 1.39. The van der Waals surface area contributed by atoms with Crippen LogP contribution < -0.4 is 0 Å². The Kier molecular flexibility index (Phi) is 1.88. The summed E-state index contributed by atoms with van der Waals surface area (Å²) in [6, 6.07) is 1.40. The van der Waals surface area contributed by atoms with Gasteiger partial charge in [0.1, 0.15) is 0 Å². The van der Waals surface area contributed by atoms with Crippen LogP contribution in [0.25, 0.3) is 0 Å². The molecule has 1 unspecified atom stereocenters. The molecule has 2 heteroatoms. The fraction of sp³-hybridized carbons (Fsp3) is 1.00. The van der Waals surface area contributed by atoms with Crippen molar-refractivity contribution in [3.8, 4) is 0 Å². The van der Waals surface area contributed by atoms with Crippen LogP contribution in [-0.4, -0.2) is 16.4 Å². The molecule has 0 saturated carbocycles. The van der Waals surface area contributed by atoms with Crippen molar-refractivity contribution >= 4 is 9.76 Å². The predicted molar refractivity (Wildman–Crippen MR) is 33.1 cm³/mol. The van der Waals surface area contributed by atoms with Gasteiger partial charge in [0, 0.05) is 6.61 Å². The van der Waals surface area contributed by atoms with E-state index in [1.54, 1.807) is 0 Å². The van der Waals surface area contributed by atoms with E-state index in [0.29, 0.717) is 0 Å². The Morgan fingerprint density at radius 1 is 1.71 bits per heavy atom. The molecular formula is C5H12OSi. The lowest BCUT2D eigenvalue weighted by molar-refractivity contribution is 0.243. The van der Waals surface area contributed by atoms with Gasteiger partial charge in [-0.15, -0.1) is 0 Å². The van der Waals surface area contributed by atoms with Crippen LogP contribution in [0.5, 0.6) is 0 Å². The second-order valence-corrected chi connectivity index (χ2v) is 3.85. The van der Waals surface area contributed by atoms with E-state index in [9.17, 15) is 0 Å². The van der Waals surface area contributed by atoms with Crippen LogP contribution in [0.4, 0.5) is 0 Å². The molecule has 0 spiro atoms. The smallest absolute Gasteiger partial charge is 0.161 e. The van der Waals surface area contributed by atoms with E-state index >= 15 is 0 Å². The van der Waals surface area contributed by atoms with Gasteiger partial charge >= 0.3 is 0 Å². The van der Waals surface area contributed by atoms with Crippen molar-refractivity contribution in [2.45, 2.75) is 19.4 Å². The van der Waals surface area contributed by atoms with E-state index in [0.717, 1.165) is 12.5 Å². The third-order valence-corrected chi connectivity index (χ3v) is 2.61. The van der Waals surface area contributed by atoms with Crippen LogP contribution in [0.15, 0.2) is 0 Å². The lowest BCUT2D eigenvalue weighted by Crippen LogP contribution is -2.15. The summed E-state index contributed by atoms with van der Waals surface area (Å²) in [7, 11) is -0.0233. The Hall–Kier alpha value is 0.177. The average molecular weight is 116 g/mol. The molecule has 1 heterocycles. The van der Waals surface area contributed by atoms with E-state index in [2.05, 4.69) is 6.92 Å². The van der Waals surface area contributed by atoms with Crippen LogP contribution in [0.2, 0.25) is 6.04 Å². The molecule has 0 aromatic rings. The second-order valence-electron chi connectivity index (χ2n) is 2.32. The minimum absolute atomic E-state index is 0.0233. The summed E-state index contributed by atoms with van der Waals surface area (Å²) in [6.45, 7) is 3.31. The summed E-state index contributed by atoms with van der Waals surface area (Å²) < 4.78 is 5.32. The quantitative estimate of drug-likeness (QED) is 0.420. The van der Waals surface area contributed by atoms with Crippen LogP contribution in [-0.2, 0) is 4.43 Å². The van der Waals surface area contributed by atoms with Crippen molar-refractivity contribution in [3.05, 3.63) is 0 Å². The minimum Gasteiger partial charge on any atom is -0.424 e.